The second-order valence-electron chi connectivity index (χ2n) is 6.35. The van der Waals surface area contributed by atoms with Crippen molar-refractivity contribution < 1.29 is 9.53 Å². The standard InChI is InChI=1S/C21H22N4O2/c1-24-11-13-25(14-12-24)21(26)17(15-22)16-23-18-7-9-20(10-8-18)27-19-5-3-2-4-6-19/h2-10,16,23H,11-14H2,1H3/b17-16-. The van der Waals surface area contributed by atoms with Crippen molar-refractivity contribution in [3.63, 3.8) is 0 Å². The van der Waals surface area contributed by atoms with Crippen LogP contribution < -0.4 is 10.1 Å². The average Bonchev–Trinajstić information content (AvgIpc) is 2.71. The summed E-state index contributed by atoms with van der Waals surface area (Å²) in [6.07, 6.45) is 1.47. The van der Waals surface area contributed by atoms with Crippen LogP contribution in [0.15, 0.2) is 66.4 Å². The first-order chi connectivity index (χ1) is 13.2. The minimum atomic E-state index is -0.234. The Balaban J connectivity index is 1.60. The molecule has 0 radical (unpaired) electrons. The number of carbonyl (C=O) groups is 1. The van der Waals surface area contributed by atoms with Gasteiger partial charge in [-0.25, -0.2) is 0 Å². The summed E-state index contributed by atoms with van der Waals surface area (Å²) in [7, 11) is 2.02. The van der Waals surface area contributed by atoms with Gasteiger partial charge in [0.1, 0.15) is 23.1 Å². The summed E-state index contributed by atoms with van der Waals surface area (Å²) < 4.78 is 5.75. The number of hydrogen-bond acceptors (Lipinski definition) is 5. The lowest BCUT2D eigenvalue weighted by Gasteiger charge is -2.32. The van der Waals surface area contributed by atoms with Crippen molar-refractivity contribution in [2.75, 3.05) is 38.5 Å². The maximum Gasteiger partial charge on any atom is 0.266 e. The predicted molar refractivity (Wildman–Crippen MR) is 104 cm³/mol. The maximum atomic E-state index is 12.5. The number of likely N-dealkylation sites (N-methyl/N-ethyl adjacent to an activating group) is 1. The van der Waals surface area contributed by atoms with E-state index in [1.54, 1.807) is 4.90 Å². The lowest BCUT2D eigenvalue weighted by Crippen LogP contribution is -2.47. The van der Waals surface area contributed by atoms with Crippen LogP contribution in [0, 0.1) is 11.3 Å². The van der Waals surface area contributed by atoms with Gasteiger partial charge in [0.2, 0.25) is 0 Å². The van der Waals surface area contributed by atoms with Gasteiger partial charge in [0, 0.05) is 38.1 Å². The quantitative estimate of drug-likeness (QED) is 0.654. The van der Waals surface area contributed by atoms with E-state index in [4.69, 9.17) is 4.74 Å². The molecule has 1 fully saturated rings. The summed E-state index contributed by atoms with van der Waals surface area (Å²) in [4.78, 5) is 16.4. The van der Waals surface area contributed by atoms with Crippen LogP contribution >= 0.6 is 0 Å². The van der Waals surface area contributed by atoms with Crippen LogP contribution in [0.1, 0.15) is 0 Å². The number of nitriles is 1. The second-order valence-corrected chi connectivity index (χ2v) is 6.35. The summed E-state index contributed by atoms with van der Waals surface area (Å²) in [5, 5.41) is 12.3. The van der Waals surface area contributed by atoms with Crippen LogP contribution in [0.2, 0.25) is 0 Å². The first kappa shape index (κ1) is 18.5. The third-order valence-electron chi connectivity index (χ3n) is 4.36. The average molecular weight is 362 g/mol. The number of ether oxygens (including phenoxy) is 1. The highest BCUT2D eigenvalue weighted by atomic mass is 16.5. The molecule has 2 aromatic carbocycles. The van der Waals surface area contributed by atoms with Crippen LogP contribution in [0.4, 0.5) is 5.69 Å². The lowest BCUT2D eigenvalue weighted by atomic mass is 10.2. The van der Waals surface area contributed by atoms with E-state index in [0.29, 0.717) is 18.8 Å². The summed E-state index contributed by atoms with van der Waals surface area (Å²) in [5.74, 6) is 1.24. The highest BCUT2D eigenvalue weighted by Crippen LogP contribution is 2.22. The molecule has 6 heteroatoms. The number of para-hydroxylation sites is 1. The third kappa shape index (κ3) is 5.09. The Kier molecular flexibility index (Phi) is 6.08. The molecule has 1 N–H and O–H groups in total. The van der Waals surface area contributed by atoms with E-state index in [2.05, 4.69) is 10.2 Å². The number of amides is 1. The zero-order valence-corrected chi connectivity index (χ0v) is 15.3. The fraction of sp³-hybridized carbons (Fsp3) is 0.238. The summed E-state index contributed by atoms with van der Waals surface area (Å²) >= 11 is 0. The van der Waals surface area contributed by atoms with Gasteiger partial charge >= 0.3 is 0 Å². The highest BCUT2D eigenvalue weighted by molar-refractivity contribution is 5.97. The zero-order chi connectivity index (χ0) is 19.1. The van der Waals surface area contributed by atoms with E-state index in [0.717, 1.165) is 24.5 Å². The van der Waals surface area contributed by atoms with E-state index >= 15 is 0 Å². The first-order valence-corrected chi connectivity index (χ1v) is 8.83. The van der Waals surface area contributed by atoms with Gasteiger partial charge in [-0.1, -0.05) is 18.2 Å². The number of nitrogens with one attached hydrogen (secondary N) is 1. The van der Waals surface area contributed by atoms with Crippen molar-refractivity contribution in [3.8, 4) is 17.6 Å². The molecule has 1 aliphatic heterocycles. The van der Waals surface area contributed by atoms with Crippen LogP contribution in [-0.2, 0) is 4.79 Å². The number of carbonyl (C=O) groups excluding carboxylic acids is 1. The van der Waals surface area contributed by atoms with Crippen LogP contribution in [-0.4, -0.2) is 48.9 Å². The fourth-order valence-corrected chi connectivity index (χ4v) is 2.72. The van der Waals surface area contributed by atoms with Gasteiger partial charge < -0.3 is 19.9 Å². The van der Waals surface area contributed by atoms with Gasteiger partial charge in [0.05, 0.1) is 0 Å². The molecule has 1 amide bonds. The van der Waals surface area contributed by atoms with E-state index in [-0.39, 0.29) is 11.5 Å². The number of benzene rings is 2. The van der Waals surface area contributed by atoms with Crippen molar-refractivity contribution >= 4 is 11.6 Å². The third-order valence-corrected chi connectivity index (χ3v) is 4.36. The van der Waals surface area contributed by atoms with Gasteiger partial charge in [0.15, 0.2) is 0 Å². The Hall–Kier alpha value is -3.30. The number of hydrogen-bond donors (Lipinski definition) is 1. The molecule has 0 saturated carbocycles. The van der Waals surface area contributed by atoms with Gasteiger partial charge in [0.25, 0.3) is 5.91 Å². The Morgan fingerprint density at radius 3 is 2.30 bits per heavy atom. The largest absolute Gasteiger partial charge is 0.457 e. The molecule has 0 unspecified atom stereocenters. The van der Waals surface area contributed by atoms with Gasteiger partial charge in [-0.2, -0.15) is 5.26 Å². The van der Waals surface area contributed by atoms with Crippen molar-refractivity contribution in [2.45, 2.75) is 0 Å². The predicted octanol–water partition coefficient (Wildman–Crippen LogP) is 3.07. The van der Waals surface area contributed by atoms with E-state index in [9.17, 15) is 10.1 Å². The van der Waals surface area contributed by atoms with Gasteiger partial charge in [-0.05, 0) is 43.4 Å². The van der Waals surface area contributed by atoms with Crippen LogP contribution in [0.5, 0.6) is 11.5 Å². The minimum absolute atomic E-state index is 0.101. The van der Waals surface area contributed by atoms with E-state index < -0.39 is 0 Å². The molecule has 0 atom stereocenters. The maximum absolute atomic E-state index is 12.5. The topological polar surface area (TPSA) is 68.6 Å². The number of nitrogens with zero attached hydrogens (tertiary/aromatic N) is 3. The van der Waals surface area contributed by atoms with E-state index in [1.165, 1.54) is 6.20 Å². The Bertz CT molecular complexity index is 833. The fourth-order valence-electron chi connectivity index (χ4n) is 2.72. The number of rotatable bonds is 5. The first-order valence-electron chi connectivity index (χ1n) is 8.83. The van der Waals surface area contributed by atoms with Crippen molar-refractivity contribution in [3.05, 3.63) is 66.4 Å². The molecule has 6 nitrogen and oxygen atoms in total. The molecule has 1 aliphatic rings. The molecule has 0 spiro atoms. The monoisotopic (exact) mass is 362 g/mol. The summed E-state index contributed by atoms with van der Waals surface area (Å²) in [6, 6.07) is 18.9. The number of anilines is 1. The number of piperazine rings is 1. The minimum Gasteiger partial charge on any atom is -0.457 e. The molecule has 0 aliphatic carbocycles. The Morgan fingerprint density at radius 2 is 1.67 bits per heavy atom. The van der Waals surface area contributed by atoms with Crippen molar-refractivity contribution in [2.24, 2.45) is 0 Å². The van der Waals surface area contributed by atoms with Gasteiger partial charge in [-0.3, -0.25) is 4.79 Å². The Labute approximate surface area is 159 Å². The Morgan fingerprint density at radius 1 is 1.04 bits per heavy atom. The highest BCUT2D eigenvalue weighted by Gasteiger charge is 2.22. The van der Waals surface area contributed by atoms with E-state index in [1.807, 2.05) is 67.7 Å². The van der Waals surface area contributed by atoms with Crippen LogP contribution in [0.3, 0.4) is 0 Å². The molecule has 2 aromatic rings. The molecule has 1 saturated heterocycles. The lowest BCUT2D eigenvalue weighted by molar-refractivity contribution is -0.128. The van der Waals surface area contributed by atoms with Crippen molar-refractivity contribution in [1.82, 2.24) is 9.80 Å². The smallest absolute Gasteiger partial charge is 0.266 e. The van der Waals surface area contributed by atoms with Crippen molar-refractivity contribution in [1.29, 1.82) is 5.26 Å². The summed E-state index contributed by atoms with van der Waals surface area (Å²) in [6.45, 7) is 2.92. The SMILES string of the molecule is CN1CCN(C(=O)/C(C#N)=C\Nc2ccc(Oc3ccccc3)cc2)CC1. The van der Waals surface area contributed by atoms with Gasteiger partial charge in [-0.15, -0.1) is 0 Å². The molecule has 0 bridgehead atoms. The molecule has 1 heterocycles. The second kappa shape index (κ2) is 8.88. The molecule has 27 heavy (non-hydrogen) atoms. The normalized spacial score (nSPS) is 15.1. The summed E-state index contributed by atoms with van der Waals surface area (Å²) in [5.41, 5.74) is 0.874. The molecular weight excluding hydrogens is 340 g/mol. The zero-order valence-electron chi connectivity index (χ0n) is 15.3. The molecule has 0 aromatic heterocycles. The van der Waals surface area contributed by atoms with Crippen LogP contribution in [0.25, 0.3) is 0 Å². The molecule has 138 valence electrons. The molecular formula is C21H22N4O2. The molecule has 3 rings (SSSR count).